The first-order valence-corrected chi connectivity index (χ1v) is 9.18. The Morgan fingerprint density at radius 1 is 1.10 bits per heavy atom. The van der Waals surface area contributed by atoms with E-state index < -0.39 is 11.0 Å². The average Bonchev–Trinajstić information content (AvgIpc) is 3.23. The summed E-state index contributed by atoms with van der Waals surface area (Å²) in [4.78, 5) is 22.8. The molecule has 1 aliphatic rings. The average molecular weight is 389 g/mol. The molecule has 1 fully saturated rings. The summed E-state index contributed by atoms with van der Waals surface area (Å²) in [6.07, 6.45) is 1.96. The number of fused-ring (bicyclic) bond motifs is 1. The summed E-state index contributed by atoms with van der Waals surface area (Å²) in [7, 11) is 0. The Hall–Kier alpha value is -3.62. The number of nitro groups is 1. The van der Waals surface area contributed by atoms with Crippen LogP contribution in [-0.4, -0.2) is 23.1 Å². The zero-order valence-corrected chi connectivity index (χ0v) is 15.4. The number of hydrogen-bond acceptors (Lipinski definition) is 6. The smallest absolute Gasteiger partial charge is 0.270 e. The van der Waals surface area contributed by atoms with Crippen molar-refractivity contribution in [3.8, 4) is 0 Å². The van der Waals surface area contributed by atoms with Crippen LogP contribution in [0.4, 0.5) is 5.69 Å². The molecule has 8 heteroatoms. The van der Waals surface area contributed by atoms with Crippen LogP contribution in [0.15, 0.2) is 71.8 Å². The maximum atomic E-state index is 12.4. The van der Waals surface area contributed by atoms with Crippen LogP contribution in [-0.2, 0) is 4.79 Å². The van der Waals surface area contributed by atoms with Crippen molar-refractivity contribution in [3.05, 3.63) is 88.0 Å². The number of rotatable bonds is 5. The molecular weight excluding hydrogens is 370 g/mol. The van der Waals surface area contributed by atoms with E-state index in [1.54, 1.807) is 12.1 Å². The van der Waals surface area contributed by atoms with Gasteiger partial charge in [-0.3, -0.25) is 14.9 Å². The van der Waals surface area contributed by atoms with Gasteiger partial charge in [0.1, 0.15) is 6.04 Å². The van der Waals surface area contributed by atoms with Crippen molar-refractivity contribution >= 4 is 28.6 Å². The van der Waals surface area contributed by atoms with Gasteiger partial charge in [-0.15, -0.1) is 0 Å². The first kappa shape index (κ1) is 18.7. The van der Waals surface area contributed by atoms with Crippen LogP contribution in [0.2, 0.25) is 0 Å². The van der Waals surface area contributed by atoms with E-state index in [1.807, 2.05) is 18.2 Å². The van der Waals surface area contributed by atoms with E-state index in [9.17, 15) is 14.9 Å². The highest BCUT2D eigenvalue weighted by molar-refractivity contribution is 5.87. The number of hydrogen-bond donors (Lipinski definition) is 3. The van der Waals surface area contributed by atoms with Gasteiger partial charge in [-0.1, -0.05) is 54.6 Å². The SMILES string of the molecule is O=C(N/N=C/c1cccc([N+](=O)[O-])c1)C1CC(c2cccc3ccccc23)NN1. The zero-order chi connectivity index (χ0) is 20.2. The highest BCUT2D eigenvalue weighted by Gasteiger charge is 2.30. The molecule has 0 aliphatic carbocycles. The molecular formula is C21H19N5O3. The maximum absolute atomic E-state index is 12.4. The van der Waals surface area contributed by atoms with Gasteiger partial charge in [0.2, 0.25) is 0 Å². The molecule has 1 saturated heterocycles. The fourth-order valence-electron chi connectivity index (χ4n) is 3.45. The van der Waals surface area contributed by atoms with Crippen LogP contribution in [0.5, 0.6) is 0 Å². The topological polar surface area (TPSA) is 109 Å². The lowest BCUT2D eigenvalue weighted by molar-refractivity contribution is -0.384. The van der Waals surface area contributed by atoms with Gasteiger partial charge in [0, 0.05) is 23.7 Å². The summed E-state index contributed by atoms with van der Waals surface area (Å²) < 4.78 is 0. The third-order valence-corrected chi connectivity index (χ3v) is 4.89. The lowest BCUT2D eigenvalue weighted by atomic mass is 9.96. The molecule has 1 aliphatic heterocycles. The Kier molecular flexibility index (Phi) is 5.28. The number of hydrazine groups is 1. The third kappa shape index (κ3) is 4.13. The Labute approximate surface area is 166 Å². The van der Waals surface area contributed by atoms with Crippen LogP contribution in [0.25, 0.3) is 10.8 Å². The molecule has 29 heavy (non-hydrogen) atoms. The van der Waals surface area contributed by atoms with E-state index >= 15 is 0 Å². The number of nitrogens with one attached hydrogen (secondary N) is 3. The summed E-state index contributed by atoms with van der Waals surface area (Å²) in [5.74, 6) is -0.276. The number of non-ortho nitro benzene ring substituents is 1. The van der Waals surface area contributed by atoms with Gasteiger partial charge < -0.3 is 0 Å². The first-order chi connectivity index (χ1) is 14.1. The number of amides is 1. The van der Waals surface area contributed by atoms with Gasteiger partial charge in [0.15, 0.2) is 0 Å². The minimum absolute atomic E-state index is 0.00222. The Morgan fingerprint density at radius 2 is 1.90 bits per heavy atom. The van der Waals surface area contributed by atoms with Crippen molar-refractivity contribution < 1.29 is 9.72 Å². The Balaban J connectivity index is 1.39. The van der Waals surface area contributed by atoms with Crippen LogP contribution < -0.4 is 16.3 Å². The molecule has 0 aromatic heterocycles. The van der Waals surface area contributed by atoms with Crippen molar-refractivity contribution in [1.82, 2.24) is 16.3 Å². The molecule has 3 aromatic rings. The molecule has 1 heterocycles. The van der Waals surface area contributed by atoms with Gasteiger partial charge in [0.25, 0.3) is 11.6 Å². The second kappa shape index (κ2) is 8.17. The number of benzene rings is 3. The highest BCUT2D eigenvalue weighted by Crippen LogP contribution is 2.29. The van der Waals surface area contributed by atoms with Crippen molar-refractivity contribution in [2.24, 2.45) is 5.10 Å². The third-order valence-electron chi connectivity index (χ3n) is 4.89. The molecule has 146 valence electrons. The van der Waals surface area contributed by atoms with E-state index in [0.717, 1.165) is 16.3 Å². The number of nitrogens with zero attached hydrogens (tertiary/aromatic N) is 2. The minimum atomic E-state index is -0.475. The Bertz CT molecular complexity index is 1090. The predicted octanol–water partition coefficient (Wildman–Crippen LogP) is 2.81. The monoisotopic (exact) mass is 389 g/mol. The molecule has 0 bridgehead atoms. The number of carbonyl (C=O) groups excluding carboxylic acids is 1. The molecule has 2 atom stereocenters. The van der Waals surface area contributed by atoms with E-state index in [0.29, 0.717) is 12.0 Å². The first-order valence-electron chi connectivity index (χ1n) is 9.18. The van der Waals surface area contributed by atoms with E-state index in [-0.39, 0.29) is 17.6 Å². The summed E-state index contributed by atoms with van der Waals surface area (Å²) in [6.45, 7) is 0. The van der Waals surface area contributed by atoms with E-state index in [1.165, 1.54) is 18.3 Å². The summed E-state index contributed by atoms with van der Waals surface area (Å²) in [5.41, 5.74) is 10.3. The molecule has 3 aromatic carbocycles. The molecule has 1 amide bonds. The normalized spacial score (nSPS) is 18.9. The number of hydrazone groups is 1. The molecule has 0 spiro atoms. The number of carbonyl (C=O) groups is 1. The largest absolute Gasteiger partial charge is 0.271 e. The van der Waals surface area contributed by atoms with Crippen LogP contribution in [0.3, 0.4) is 0 Å². The fraction of sp³-hybridized carbons (Fsp3) is 0.143. The second-order valence-electron chi connectivity index (χ2n) is 6.78. The lowest BCUT2D eigenvalue weighted by Crippen LogP contribution is -2.41. The van der Waals surface area contributed by atoms with E-state index in [4.69, 9.17) is 0 Å². The maximum Gasteiger partial charge on any atom is 0.270 e. The summed E-state index contributed by atoms with van der Waals surface area (Å²) in [5, 5.41) is 17.0. The summed E-state index contributed by atoms with van der Waals surface area (Å²) >= 11 is 0. The van der Waals surface area contributed by atoms with Gasteiger partial charge in [-0.2, -0.15) is 5.10 Å². The predicted molar refractivity (Wildman–Crippen MR) is 110 cm³/mol. The van der Waals surface area contributed by atoms with Gasteiger partial charge in [-0.25, -0.2) is 16.3 Å². The minimum Gasteiger partial charge on any atom is -0.271 e. The molecule has 3 N–H and O–H groups in total. The van der Waals surface area contributed by atoms with Gasteiger partial charge in [-0.05, 0) is 22.8 Å². The van der Waals surface area contributed by atoms with Crippen LogP contribution in [0, 0.1) is 10.1 Å². The molecule has 8 nitrogen and oxygen atoms in total. The molecule has 4 rings (SSSR count). The molecule has 2 unspecified atom stereocenters. The number of nitro benzene ring substituents is 1. The standard InChI is InChI=1S/C21H19N5O3/c27-21(25-22-13-14-5-3-8-16(11-14)26(28)29)20-12-19(23-24-20)18-10-4-7-15-6-1-2-9-17(15)18/h1-11,13,19-20,23-24H,12H2,(H,25,27)/b22-13+. The summed E-state index contributed by atoms with van der Waals surface area (Å²) in [6, 6.07) is 19.9. The van der Waals surface area contributed by atoms with Gasteiger partial charge in [0.05, 0.1) is 11.1 Å². The quantitative estimate of drug-likeness (QED) is 0.353. The lowest BCUT2D eigenvalue weighted by Gasteiger charge is -2.13. The van der Waals surface area contributed by atoms with Gasteiger partial charge >= 0.3 is 0 Å². The van der Waals surface area contributed by atoms with Crippen molar-refractivity contribution in [1.29, 1.82) is 0 Å². The van der Waals surface area contributed by atoms with Crippen LogP contribution >= 0.6 is 0 Å². The van der Waals surface area contributed by atoms with Crippen LogP contribution in [0.1, 0.15) is 23.6 Å². The Morgan fingerprint density at radius 3 is 2.76 bits per heavy atom. The van der Waals surface area contributed by atoms with E-state index in [2.05, 4.69) is 45.6 Å². The zero-order valence-electron chi connectivity index (χ0n) is 15.4. The van der Waals surface area contributed by atoms with Crippen molar-refractivity contribution in [2.45, 2.75) is 18.5 Å². The van der Waals surface area contributed by atoms with Crippen molar-refractivity contribution in [2.75, 3.05) is 0 Å². The molecule has 0 radical (unpaired) electrons. The highest BCUT2D eigenvalue weighted by atomic mass is 16.6. The van der Waals surface area contributed by atoms with Crippen molar-refractivity contribution in [3.63, 3.8) is 0 Å². The second-order valence-corrected chi connectivity index (χ2v) is 6.78. The fourth-order valence-corrected chi connectivity index (χ4v) is 3.45. The molecule has 0 saturated carbocycles.